The van der Waals surface area contributed by atoms with Crippen LogP contribution in [0.15, 0.2) is 41.1 Å². The predicted octanol–water partition coefficient (Wildman–Crippen LogP) is 4.24. The molecule has 0 spiro atoms. The third-order valence-corrected chi connectivity index (χ3v) is 5.26. The highest BCUT2D eigenvalue weighted by Crippen LogP contribution is 2.24. The van der Waals surface area contributed by atoms with Gasteiger partial charge in [-0.15, -0.1) is 0 Å². The summed E-state index contributed by atoms with van der Waals surface area (Å²) in [6, 6.07) is 10.2. The minimum absolute atomic E-state index is 0.195. The van der Waals surface area contributed by atoms with E-state index in [-0.39, 0.29) is 5.91 Å². The largest absolute Gasteiger partial charge is 0.497 e. The van der Waals surface area contributed by atoms with Gasteiger partial charge in [-0.1, -0.05) is 12.1 Å². The van der Waals surface area contributed by atoms with Gasteiger partial charge in [0.15, 0.2) is 0 Å². The lowest BCUT2D eigenvalue weighted by Gasteiger charge is -2.32. The highest BCUT2D eigenvalue weighted by atomic mass is 32.1. The van der Waals surface area contributed by atoms with Gasteiger partial charge in [0.2, 0.25) is 0 Å². The maximum absolute atomic E-state index is 12.5. The van der Waals surface area contributed by atoms with Gasteiger partial charge in [-0.2, -0.15) is 11.3 Å². The number of hydrogen-bond acceptors (Lipinski definition) is 3. The van der Waals surface area contributed by atoms with Crippen molar-refractivity contribution in [2.75, 3.05) is 20.2 Å². The normalized spacial score (nSPS) is 18.0. The standard InChI is InChI=1S/C19H23NO2S/c1-22-18-8-6-15(7-9-18)4-5-16-3-2-11-20(13-16)19(21)17-10-12-23-14-17/h6-10,12,14,16H,2-5,11,13H2,1H3. The number of ether oxygens (including phenoxy) is 1. The van der Waals surface area contributed by atoms with E-state index in [1.54, 1.807) is 18.4 Å². The molecule has 1 amide bonds. The molecule has 1 aliphatic heterocycles. The summed E-state index contributed by atoms with van der Waals surface area (Å²) in [6.07, 6.45) is 4.54. The van der Waals surface area contributed by atoms with Crippen LogP contribution >= 0.6 is 11.3 Å². The summed E-state index contributed by atoms with van der Waals surface area (Å²) in [4.78, 5) is 14.5. The molecule has 0 aliphatic carbocycles. The Balaban J connectivity index is 1.53. The van der Waals surface area contributed by atoms with Gasteiger partial charge in [0.25, 0.3) is 5.91 Å². The molecule has 0 bridgehead atoms. The number of methoxy groups -OCH3 is 1. The second-order valence-electron chi connectivity index (χ2n) is 6.16. The van der Waals surface area contributed by atoms with Crippen molar-refractivity contribution >= 4 is 17.2 Å². The minimum Gasteiger partial charge on any atom is -0.497 e. The smallest absolute Gasteiger partial charge is 0.254 e. The second kappa shape index (κ2) is 7.64. The fourth-order valence-corrected chi connectivity index (χ4v) is 3.85. The molecule has 0 N–H and O–H groups in total. The number of amides is 1. The number of rotatable bonds is 5. The van der Waals surface area contributed by atoms with E-state index in [1.165, 1.54) is 12.0 Å². The first kappa shape index (κ1) is 16.1. The van der Waals surface area contributed by atoms with Crippen LogP contribution in [0.3, 0.4) is 0 Å². The van der Waals surface area contributed by atoms with Crippen LogP contribution in [0.25, 0.3) is 0 Å². The Morgan fingerprint density at radius 1 is 1.30 bits per heavy atom. The number of piperidine rings is 1. The molecule has 0 radical (unpaired) electrons. The van der Waals surface area contributed by atoms with Crippen LogP contribution in [0.2, 0.25) is 0 Å². The summed E-state index contributed by atoms with van der Waals surface area (Å²) in [5.74, 6) is 1.70. The van der Waals surface area contributed by atoms with Crippen molar-refractivity contribution in [2.24, 2.45) is 5.92 Å². The molecule has 4 heteroatoms. The Morgan fingerprint density at radius 2 is 2.13 bits per heavy atom. The summed E-state index contributed by atoms with van der Waals surface area (Å²) >= 11 is 1.59. The summed E-state index contributed by atoms with van der Waals surface area (Å²) in [7, 11) is 1.69. The molecule has 122 valence electrons. The number of hydrogen-bond donors (Lipinski definition) is 0. The van der Waals surface area contributed by atoms with Gasteiger partial charge >= 0.3 is 0 Å². The number of carbonyl (C=O) groups excluding carboxylic acids is 1. The highest BCUT2D eigenvalue weighted by Gasteiger charge is 2.24. The van der Waals surface area contributed by atoms with E-state index in [0.29, 0.717) is 5.92 Å². The SMILES string of the molecule is COc1ccc(CCC2CCCN(C(=O)c3ccsc3)C2)cc1. The molecule has 1 fully saturated rings. The van der Waals surface area contributed by atoms with E-state index in [2.05, 4.69) is 12.1 Å². The van der Waals surface area contributed by atoms with E-state index < -0.39 is 0 Å². The number of thiophene rings is 1. The molecule has 3 rings (SSSR count). The first-order valence-corrected chi connectivity index (χ1v) is 9.15. The van der Waals surface area contributed by atoms with Crippen LogP contribution in [-0.2, 0) is 6.42 Å². The zero-order chi connectivity index (χ0) is 16.1. The zero-order valence-electron chi connectivity index (χ0n) is 13.5. The van der Waals surface area contributed by atoms with Crippen LogP contribution in [0.1, 0.15) is 35.2 Å². The maximum atomic E-state index is 12.5. The van der Waals surface area contributed by atoms with Gasteiger partial charge in [-0.05, 0) is 60.7 Å². The summed E-state index contributed by atoms with van der Waals surface area (Å²) in [6.45, 7) is 1.79. The molecule has 1 aromatic heterocycles. The minimum atomic E-state index is 0.195. The van der Waals surface area contributed by atoms with Crippen LogP contribution in [-0.4, -0.2) is 31.0 Å². The Labute approximate surface area is 141 Å². The topological polar surface area (TPSA) is 29.5 Å². The van der Waals surface area contributed by atoms with Crippen LogP contribution in [0.5, 0.6) is 5.75 Å². The highest BCUT2D eigenvalue weighted by molar-refractivity contribution is 7.08. The van der Waals surface area contributed by atoms with Gasteiger partial charge in [0, 0.05) is 18.5 Å². The van der Waals surface area contributed by atoms with Crippen LogP contribution in [0.4, 0.5) is 0 Å². The average molecular weight is 329 g/mol. The molecule has 1 aliphatic rings. The summed E-state index contributed by atoms with van der Waals surface area (Å²) in [5.41, 5.74) is 2.18. The molecule has 2 heterocycles. The molecule has 1 atom stereocenters. The van der Waals surface area contributed by atoms with Crippen molar-refractivity contribution in [1.29, 1.82) is 0 Å². The molecule has 0 saturated carbocycles. The molecule has 1 saturated heterocycles. The first-order chi connectivity index (χ1) is 11.3. The quantitative estimate of drug-likeness (QED) is 0.821. The Kier molecular flexibility index (Phi) is 5.34. The molecule has 1 aromatic carbocycles. The van der Waals surface area contributed by atoms with Crippen molar-refractivity contribution in [2.45, 2.75) is 25.7 Å². The van der Waals surface area contributed by atoms with E-state index in [0.717, 1.165) is 43.7 Å². The molecule has 23 heavy (non-hydrogen) atoms. The van der Waals surface area contributed by atoms with E-state index >= 15 is 0 Å². The Hall–Kier alpha value is -1.81. The molecule has 3 nitrogen and oxygen atoms in total. The van der Waals surface area contributed by atoms with E-state index in [1.807, 2.05) is 33.9 Å². The monoisotopic (exact) mass is 329 g/mol. The van der Waals surface area contributed by atoms with E-state index in [9.17, 15) is 4.79 Å². The fourth-order valence-electron chi connectivity index (χ4n) is 3.22. The fraction of sp³-hybridized carbons (Fsp3) is 0.421. The lowest BCUT2D eigenvalue weighted by molar-refractivity contribution is 0.0669. The van der Waals surface area contributed by atoms with Crippen molar-refractivity contribution in [3.8, 4) is 5.75 Å². The zero-order valence-corrected chi connectivity index (χ0v) is 14.3. The molecule has 1 unspecified atom stereocenters. The van der Waals surface area contributed by atoms with Gasteiger partial charge in [-0.25, -0.2) is 0 Å². The number of benzene rings is 1. The number of carbonyl (C=O) groups is 1. The summed E-state index contributed by atoms with van der Waals surface area (Å²) < 4.78 is 5.20. The lowest BCUT2D eigenvalue weighted by Crippen LogP contribution is -2.39. The average Bonchev–Trinajstić information content (AvgIpc) is 3.14. The Bertz CT molecular complexity index is 621. The molecular formula is C19H23NO2S. The van der Waals surface area contributed by atoms with Gasteiger partial charge < -0.3 is 9.64 Å². The third-order valence-electron chi connectivity index (χ3n) is 4.57. The third kappa shape index (κ3) is 4.14. The van der Waals surface area contributed by atoms with Crippen molar-refractivity contribution in [3.05, 3.63) is 52.2 Å². The number of likely N-dealkylation sites (tertiary alicyclic amines) is 1. The second-order valence-corrected chi connectivity index (χ2v) is 6.94. The van der Waals surface area contributed by atoms with Crippen LogP contribution in [0, 0.1) is 5.92 Å². The maximum Gasteiger partial charge on any atom is 0.254 e. The van der Waals surface area contributed by atoms with Gasteiger partial charge in [0.05, 0.1) is 12.7 Å². The van der Waals surface area contributed by atoms with Gasteiger partial charge in [0.1, 0.15) is 5.75 Å². The molecular weight excluding hydrogens is 306 g/mol. The van der Waals surface area contributed by atoms with Crippen molar-refractivity contribution in [1.82, 2.24) is 4.90 Å². The molecule has 2 aromatic rings. The first-order valence-electron chi connectivity index (χ1n) is 8.20. The van der Waals surface area contributed by atoms with Crippen LogP contribution < -0.4 is 4.74 Å². The van der Waals surface area contributed by atoms with Crippen molar-refractivity contribution in [3.63, 3.8) is 0 Å². The van der Waals surface area contributed by atoms with Crippen molar-refractivity contribution < 1.29 is 9.53 Å². The Morgan fingerprint density at radius 3 is 2.83 bits per heavy atom. The predicted molar refractivity (Wildman–Crippen MR) is 94.3 cm³/mol. The van der Waals surface area contributed by atoms with E-state index in [4.69, 9.17) is 4.74 Å². The number of nitrogens with zero attached hydrogens (tertiary/aromatic N) is 1. The number of aryl methyl sites for hydroxylation is 1. The summed E-state index contributed by atoms with van der Waals surface area (Å²) in [5, 5.41) is 3.92. The lowest BCUT2D eigenvalue weighted by atomic mass is 9.91. The van der Waals surface area contributed by atoms with Gasteiger partial charge in [-0.3, -0.25) is 4.79 Å².